The third kappa shape index (κ3) is 2.24. The van der Waals surface area contributed by atoms with Crippen LogP contribution in [0.25, 0.3) is 0 Å². The Kier molecular flexibility index (Phi) is 3.22. The Morgan fingerprint density at radius 2 is 2.20 bits per heavy atom. The van der Waals surface area contributed by atoms with E-state index in [-0.39, 0.29) is 0 Å². The normalized spacial score (nSPS) is 30.8. The Morgan fingerprint density at radius 1 is 1.25 bits per heavy atom. The highest BCUT2D eigenvalue weighted by Crippen LogP contribution is 2.48. The monoisotopic (exact) mass is 270 g/mol. The first-order valence-corrected chi connectivity index (χ1v) is 8.33. The van der Waals surface area contributed by atoms with Crippen molar-refractivity contribution in [2.75, 3.05) is 25.5 Å². The lowest BCUT2D eigenvalue weighted by molar-refractivity contribution is 0.215. The summed E-state index contributed by atoms with van der Waals surface area (Å²) in [6.45, 7) is 3.51. The van der Waals surface area contributed by atoms with Crippen molar-refractivity contribution in [3.63, 3.8) is 0 Å². The summed E-state index contributed by atoms with van der Waals surface area (Å²) in [6.07, 6.45) is 7.24. The summed E-state index contributed by atoms with van der Waals surface area (Å²) in [6, 6.07) is 6.80. The van der Waals surface area contributed by atoms with Crippen LogP contribution in [0.15, 0.2) is 18.2 Å². The number of nitrogens with one attached hydrogen (secondary N) is 1. The van der Waals surface area contributed by atoms with Gasteiger partial charge >= 0.3 is 0 Å². The first-order valence-electron chi connectivity index (χ1n) is 8.33. The van der Waals surface area contributed by atoms with Crippen molar-refractivity contribution >= 4 is 5.69 Å². The molecule has 0 aromatic heterocycles. The zero-order chi connectivity index (χ0) is 13.5. The van der Waals surface area contributed by atoms with Crippen molar-refractivity contribution in [2.45, 2.75) is 38.6 Å². The fourth-order valence-electron chi connectivity index (χ4n) is 4.90. The molecular formula is C18H26N2. The summed E-state index contributed by atoms with van der Waals surface area (Å²) in [4.78, 5) is 2.56. The number of para-hydroxylation sites is 1. The lowest BCUT2D eigenvalue weighted by Crippen LogP contribution is -2.28. The summed E-state index contributed by atoms with van der Waals surface area (Å²) in [5, 5.41) is 3.57. The third-order valence-electron chi connectivity index (χ3n) is 5.80. The second kappa shape index (κ2) is 5.07. The van der Waals surface area contributed by atoms with Crippen LogP contribution >= 0.6 is 0 Å². The average Bonchev–Trinajstić information content (AvgIpc) is 3.14. The van der Waals surface area contributed by atoms with Crippen LogP contribution in [0.5, 0.6) is 0 Å². The highest BCUT2D eigenvalue weighted by molar-refractivity contribution is 5.61. The number of hydrogen-bond acceptors (Lipinski definition) is 2. The van der Waals surface area contributed by atoms with Crippen LogP contribution in [0.2, 0.25) is 0 Å². The molecule has 1 N–H and O–H groups in total. The predicted molar refractivity (Wildman–Crippen MR) is 83.9 cm³/mol. The van der Waals surface area contributed by atoms with Crippen LogP contribution in [0.3, 0.4) is 0 Å². The van der Waals surface area contributed by atoms with Crippen LogP contribution in [0.4, 0.5) is 5.69 Å². The Bertz CT molecular complexity index is 496. The number of anilines is 1. The molecule has 1 aromatic rings. The van der Waals surface area contributed by atoms with E-state index in [0.717, 1.165) is 30.8 Å². The number of rotatable bonds is 4. The second-order valence-electron chi connectivity index (χ2n) is 7.26. The smallest absolute Gasteiger partial charge is 0.0419 e. The van der Waals surface area contributed by atoms with Crippen molar-refractivity contribution in [1.29, 1.82) is 0 Å². The van der Waals surface area contributed by atoms with Crippen LogP contribution in [0.1, 0.15) is 36.8 Å². The quantitative estimate of drug-likeness (QED) is 0.900. The molecule has 0 amide bonds. The van der Waals surface area contributed by atoms with E-state index in [0.29, 0.717) is 0 Å². The van der Waals surface area contributed by atoms with E-state index < -0.39 is 0 Å². The molecule has 1 aliphatic heterocycles. The molecule has 108 valence electrons. The molecule has 2 bridgehead atoms. The molecule has 1 aromatic carbocycles. The average molecular weight is 270 g/mol. The SMILES string of the molecule is CN(Cc1cccc2c1NCC2)CC1CC2CCC1C2. The third-order valence-corrected chi connectivity index (χ3v) is 5.80. The number of fused-ring (bicyclic) bond motifs is 3. The summed E-state index contributed by atoms with van der Waals surface area (Å²) in [5.41, 5.74) is 4.42. The van der Waals surface area contributed by atoms with E-state index in [4.69, 9.17) is 0 Å². The van der Waals surface area contributed by atoms with Crippen LogP contribution in [0, 0.1) is 17.8 Å². The molecule has 2 heteroatoms. The van der Waals surface area contributed by atoms with Crippen molar-refractivity contribution in [2.24, 2.45) is 17.8 Å². The van der Waals surface area contributed by atoms with Crippen LogP contribution in [-0.2, 0) is 13.0 Å². The van der Waals surface area contributed by atoms with Gasteiger partial charge in [-0.2, -0.15) is 0 Å². The molecular weight excluding hydrogens is 244 g/mol. The van der Waals surface area contributed by atoms with Gasteiger partial charge in [0.25, 0.3) is 0 Å². The molecule has 2 aliphatic carbocycles. The molecule has 0 spiro atoms. The fourth-order valence-corrected chi connectivity index (χ4v) is 4.90. The molecule has 2 saturated carbocycles. The zero-order valence-electron chi connectivity index (χ0n) is 12.6. The van der Waals surface area contributed by atoms with Crippen molar-refractivity contribution in [3.05, 3.63) is 29.3 Å². The van der Waals surface area contributed by atoms with Gasteiger partial charge in [-0.15, -0.1) is 0 Å². The minimum atomic E-state index is 0.975. The molecule has 20 heavy (non-hydrogen) atoms. The molecule has 2 fully saturated rings. The number of benzene rings is 1. The topological polar surface area (TPSA) is 15.3 Å². The van der Waals surface area contributed by atoms with E-state index in [9.17, 15) is 0 Å². The van der Waals surface area contributed by atoms with Gasteiger partial charge in [0.2, 0.25) is 0 Å². The molecule has 1 heterocycles. The molecule has 3 atom stereocenters. The lowest BCUT2D eigenvalue weighted by atomic mass is 9.88. The van der Waals surface area contributed by atoms with Gasteiger partial charge in [-0.25, -0.2) is 0 Å². The van der Waals surface area contributed by atoms with Crippen molar-refractivity contribution in [1.82, 2.24) is 4.90 Å². The summed E-state index contributed by atoms with van der Waals surface area (Å²) in [7, 11) is 2.31. The molecule has 0 saturated heterocycles. The summed E-state index contributed by atoms with van der Waals surface area (Å²) < 4.78 is 0. The Morgan fingerprint density at radius 3 is 3.00 bits per heavy atom. The number of nitrogens with zero attached hydrogens (tertiary/aromatic N) is 1. The van der Waals surface area contributed by atoms with Crippen molar-refractivity contribution in [3.8, 4) is 0 Å². The standard InChI is InChI=1S/C18H26N2/c1-20(12-17-10-13-5-6-15(17)9-13)11-16-4-2-3-14-7-8-19-18(14)16/h2-4,13,15,17,19H,5-12H2,1H3. The van der Waals surface area contributed by atoms with Gasteiger partial charge < -0.3 is 10.2 Å². The van der Waals surface area contributed by atoms with Gasteiger partial charge in [0.15, 0.2) is 0 Å². The minimum absolute atomic E-state index is 0.975. The molecule has 3 unspecified atom stereocenters. The minimum Gasteiger partial charge on any atom is -0.384 e. The van der Waals surface area contributed by atoms with E-state index in [1.165, 1.54) is 55.5 Å². The molecule has 3 aliphatic rings. The van der Waals surface area contributed by atoms with Gasteiger partial charge in [0.1, 0.15) is 0 Å². The maximum atomic E-state index is 3.57. The zero-order valence-corrected chi connectivity index (χ0v) is 12.6. The second-order valence-corrected chi connectivity index (χ2v) is 7.26. The number of hydrogen-bond donors (Lipinski definition) is 1. The molecule has 0 radical (unpaired) electrons. The first-order chi connectivity index (χ1) is 9.79. The summed E-state index contributed by atoms with van der Waals surface area (Å²) in [5.74, 6) is 3.09. The Hall–Kier alpha value is -1.02. The van der Waals surface area contributed by atoms with Gasteiger partial charge in [0, 0.05) is 25.3 Å². The predicted octanol–water partition coefficient (Wildman–Crippen LogP) is 3.52. The van der Waals surface area contributed by atoms with Gasteiger partial charge in [-0.3, -0.25) is 0 Å². The Labute approximate surface area is 122 Å². The first kappa shape index (κ1) is 12.7. The maximum absolute atomic E-state index is 3.57. The Balaban J connectivity index is 1.40. The van der Waals surface area contributed by atoms with E-state index in [1.54, 1.807) is 0 Å². The van der Waals surface area contributed by atoms with Gasteiger partial charge in [-0.05, 0) is 61.6 Å². The fraction of sp³-hybridized carbons (Fsp3) is 0.667. The maximum Gasteiger partial charge on any atom is 0.0419 e. The van der Waals surface area contributed by atoms with E-state index >= 15 is 0 Å². The van der Waals surface area contributed by atoms with Gasteiger partial charge in [0.05, 0.1) is 0 Å². The van der Waals surface area contributed by atoms with Crippen LogP contribution in [-0.4, -0.2) is 25.0 Å². The largest absolute Gasteiger partial charge is 0.384 e. The van der Waals surface area contributed by atoms with E-state index in [1.807, 2.05) is 0 Å². The molecule has 4 rings (SSSR count). The van der Waals surface area contributed by atoms with E-state index in [2.05, 4.69) is 35.5 Å². The molecule has 2 nitrogen and oxygen atoms in total. The van der Waals surface area contributed by atoms with Crippen molar-refractivity contribution < 1.29 is 0 Å². The summed E-state index contributed by atoms with van der Waals surface area (Å²) >= 11 is 0. The lowest BCUT2D eigenvalue weighted by Gasteiger charge is -2.27. The van der Waals surface area contributed by atoms with Crippen LogP contribution < -0.4 is 5.32 Å². The highest BCUT2D eigenvalue weighted by atomic mass is 15.1. The highest BCUT2D eigenvalue weighted by Gasteiger charge is 2.39. The van der Waals surface area contributed by atoms with Gasteiger partial charge in [-0.1, -0.05) is 24.6 Å².